The Bertz CT molecular complexity index is 1040. The molecule has 0 radical (unpaired) electrons. The minimum Gasteiger partial charge on any atom is -0.493 e. The molecular formula is C23H25NO6. The zero-order valence-electron chi connectivity index (χ0n) is 17.6. The number of hydrogen-bond donors (Lipinski definition) is 1. The maximum atomic E-state index is 12.4. The highest BCUT2D eigenvalue weighted by molar-refractivity contribution is 5.92. The van der Waals surface area contributed by atoms with Crippen molar-refractivity contribution < 1.29 is 28.2 Å². The van der Waals surface area contributed by atoms with Crippen molar-refractivity contribution in [3.63, 3.8) is 0 Å². The summed E-state index contributed by atoms with van der Waals surface area (Å²) in [6, 6.07) is 10.8. The van der Waals surface area contributed by atoms with E-state index in [0.29, 0.717) is 34.3 Å². The molecule has 1 unspecified atom stereocenters. The predicted octanol–water partition coefficient (Wildman–Crippen LogP) is 4.36. The van der Waals surface area contributed by atoms with Gasteiger partial charge in [-0.1, -0.05) is 12.1 Å². The van der Waals surface area contributed by atoms with Gasteiger partial charge in [-0.05, 0) is 42.8 Å². The topological polar surface area (TPSA) is 79.2 Å². The number of ether oxygens (including phenoxy) is 4. The summed E-state index contributed by atoms with van der Waals surface area (Å²) in [5.74, 6) is 2.56. The van der Waals surface area contributed by atoms with Crippen LogP contribution in [0.25, 0.3) is 17.0 Å². The lowest BCUT2D eigenvalue weighted by Crippen LogP contribution is -2.24. The highest BCUT2D eigenvalue weighted by Gasteiger charge is 2.16. The Kier molecular flexibility index (Phi) is 6.51. The zero-order valence-corrected chi connectivity index (χ0v) is 17.6. The van der Waals surface area contributed by atoms with Gasteiger partial charge in [0.25, 0.3) is 0 Å². The molecule has 0 saturated carbocycles. The van der Waals surface area contributed by atoms with Crippen LogP contribution in [0.2, 0.25) is 0 Å². The van der Waals surface area contributed by atoms with E-state index in [2.05, 4.69) is 5.32 Å². The molecule has 1 amide bonds. The highest BCUT2D eigenvalue weighted by Crippen LogP contribution is 2.38. The van der Waals surface area contributed by atoms with Crippen LogP contribution >= 0.6 is 0 Å². The van der Waals surface area contributed by atoms with E-state index in [1.807, 2.05) is 31.2 Å². The van der Waals surface area contributed by atoms with Gasteiger partial charge in [0.05, 0.1) is 34.5 Å². The van der Waals surface area contributed by atoms with Crippen LogP contribution in [0.3, 0.4) is 0 Å². The van der Waals surface area contributed by atoms with E-state index in [9.17, 15) is 4.79 Å². The Morgan fingerprint density at radius 3 is 2.23 bits per heavy atom. The lowest BCUT2D eigenvalue weighted by molar-refractivity contribution is -0.117. The van der Waals surface area contributed by atoms with E-state index in [1.54, 1.807) is 46.6 Å². The molecule has 0 aliphatic carbocycles. The SMILES string of the molecule is COc1cc(/C=C/C(=O)NC(C)c2cc3cccc(OC)c3o2)cc(OC)c1OC. The molecular weight excluding hydrogens is 386 g/mol. The second kappa shape index (κ2) is 9.26. The number of para-hydroxylation sites is 1. The van der Waals surface area contributed by atoms with Gasteiger partial charge >= 0.3 is 0 Å². The molecule has 1 N–H and O–H groups in total. The van der Waals surface area contributed by atoms with Crippen molar-refractivity contribution in [3.8, 4) is 23.0 Å². The van der Waals surface area contributed by atoms with E-state index < -0.39 is 0 Å². The Labute approximate surface area is 175 Å². The summed E-state index contributed by atoms with van der Waals surface area (Å²) in [6.07, 6.45) is 3.12. The van der Waals surface area contributed by atoms with Crippen molar-refractivity contribution in [3.05, 3.63) is 53.8 Å². The fourth-order valence-electron chi connectivity index (χ4n) is 3.13. The fourth-order valence-corrected chi connectivity index (χ4v) is 3.13. The Morgan fingerprint density at radius 2 is 1.63 bits per heavy atom. The van der Waals surface area contributed by atoms with Gasteiger partial charge < -0.3 is 28.7 Å². The summed E-state index contributed by atoms with van der Waals surface area (Å²) >= 11 is 0. The van der Waals surface area contributed by atoms with Crippen LogP contribution < -0.4 is 24.3 Å². The molecule has 3 rings (SSSR count). The summed E-state index contributed by atoms with van der Waals surface area (Å²) in [5.41, 5.74) is 1.39. The normalized spacial score (nSPS) is 12.0. The molecule has 1 heterocycles. The number of rotatable bonds is 8. The summed E-state index contributed by atoms with van der Waals surface area (Å²) in [5, 5.41) is 3.81. The van der Waals surface area contributed by atoms with Gasteiger partial charge in [0.15, 0.2) is 22.8 Å². The maximum Gasteiger partial charge on any atom is 0.244 e. The highest BCUT2D eigenvalue weighted by atomic mass is 16.5. The number of amides is 1. The molecule has 7 heteroatoms. The van der Waals surface area contributed by atoms with E-state index >= 15 is 0 Å². The van der Waals surface area contributed by atoms with Crippen molar-refractivity contribution in [2.45, 2.75) is 13.0 Å². The van der Waals surface area contributed by atoms with Crippen molar-refractivity contribution in [1.82, 2.24) is 5.32 Å². The molecule has 7 nitrogen and oxygen atoms in total. The number of carbonyl (C=O) groups is 1. The van der Waals surface area contributed by atoms with Crippen LogP contribution in [0.5, 0.6) is 23.0 Å². The first-order valence-corrected chi connectivity index (χ1v) is 9.35. The largest absolute Gasteiger partial charge is 0.493 e. The van der Waals surface area contributed by atoms with E-state index in [0.717, 1.165) is 10.9 Å². The third-order valence-electron chi connectivity index (χ3n) is 4.65. The Morgan fingerprint density at radius 1 is 0.967 bits per heavy atom. The van der Waals surface area contributed by atoms with Crippen LogP contribution in [-0.2, 0) is 4.79 Å². The number of benzene rings is 2. The lowest BCUT2D eigenvalue weighted by Gasteiger charge is -2.13. The number of methoxy groups -OCH3 is 4. The Balaban J connectivity index is 1.74. The van der Waals surface area contributed by atoms with E-state index in [4.69, 9.17) is 23.4 Å². The monoisotopic (exact) mass is 411 g/mol. The van der Waals surface area contributed by atoms with Crippen molar-refractivity contribution in [1.29, 1.82) is 0 Å². The van der Waals surface area contributed by atoms with Crippen LogP contribution in [-0.4, -0.2) is 34.3 Å². The molecule has 0 aliphatic heterocycles. The zero-order chi connectivity index (χ0) is 21.7. The van der Waals surface area contributed by atoms with E-state index in [-0.39, 0.29) is 11.9 Å². The summed E-state index contributed by atoms with van der Waals surface area (Å²) in [4.78, 5) is 12.4. The van der Waals surface area contributed by atoms with Crippen LogP contribution in [0, 0.1) is 0 Å². The Hall–Kier alpha value is -3.61. The second-order valence-electron chi connectivity index (χ2n) is 6.55. The van der Waals surface area contributed by atoms with Crippen LogP contribution in [0.15, 0.2) is 46.9 Å². The molecule has 0 bridgehead atoms. The summed E-state index contributed by atoms with van der Waals surface area (Å²) < 4.78 is 27.2. The first-order chi connectivity index (χ1) is 14.5. The van der Waals surface area contributed by atoms with Gasteiger partial charge in [-0.25, -0.2) is 0 Å². The molecule has 1 aromatic heterocycles. The standard InChI is InChI=1S/C23H25NO6/c1-14(18-13-16-7-6-8-17(26-2)22(16)30-18)24-21(25)10-9-15-11-19(27-3)23(29-5)20(12-15)28-4/h6-14H,1-5H3,(H,24,25)/b10-9+. The first kappa shape index (κ1) is 21.1. The number of furan rings is 1. The minimum atomic E-state index is -0.320. The fraction of sp³-hybridized carbons (Fsp3) is 0.261. The van der Waals surface area contributed by atoms with Crippen LogP contribution in [0.1, 0.15) is 24.3 Å². The third-order valence-corrected chi connectivity index (χ3v) is 4.65. The molecule has 0 fully saturated rings. The molecule has 0 aliphatic rings. The quantitative estimate of drug-likeness (QED) is 0.555. The van der Waals surface area contributed by atoms with Crippen molar-refractivity contribution in [2.24, 2.45) is 0 Å². The molecule has 158 valence electrons. The average Bonchev–Trinajstić information content (AvgIpc) is 3.21. The van der Waals surface area contributed by atoms with Gasteiger partial charge in [-0.3, -0.25) is 4.79 Å². The summed E-state index contributed by atoms with van der Waals surface area (Å²) in [7, 11) is 6.22. The number of nitrogens with one attached hydrogen (secondary N) is 1. The molecule has 0 saturated heterocycles. The molecule has 0 spiro atoms. The number of fused-ring (bicyclic) bond motifs is 1. The summed E-state index contributed by atoms with van der Waals surface area (Å²) in [6.45, 7) is 1.86. The first-order valence-electron chi connectivity index (χ1n) is 9.35. The predicted molar refractivity (Wildman–Crippen MR) is 114 cm³/mol. The van der Waals surface area contributed by atoms with Gasteiger partial charge in [0, 0.05) is 11.5 Å². The minimum absolute atomic E-state index is 0.260. The molecule has 3 aromatic rings. The molecule has 2 aromatic carbocycles. The number of hydrogen-bond acceptors (Lipinski definition) is 6. The van der Waals surface area contributed by atoms with Crippen LogP contribution in [0.4, 0.5) is 0 Å². The van der Waals surface area contributed by atoms with Crippen molar-refractivity contribution >= 4 is 23.0 Å². The van der Waals surface area contributed by atoms with Crippen molar-refractivity contribution in [2.75, 3.05) is 28.4 Å². The third kappa shape index (κ3) is 4.35. The van der Waals surface area contributed by atoms with Gasteiger partial charge in [0.2, 0.25) is 11.7 Å². The van der Waals surface area contributed by atoms with E-state index in [1.165, 1.54) is 6.08 Å². The van der Waals surface area contributed by atoms with Gasteiger partial charge in [-0.2, -0.15) is 0 Å². The van der Waals surface area contributed by atoms with Gasteiger partial charge in [-0.15, -0.1) is 0 Å². The molecule has 30 heavy (non-hydrogen) atoms. The van der Waals surface area contributed by atoms with Gasteiger partial charge in [0.1, 0.15) is 5.76 Å². The smallest absolute Gasteiger partial charge is 0.244 e. The molecule has 1 atom stereocenters. The number of carbonyl (C=O) groups excluding carboxylic acids is 1. The second-order valence-corrected chi connectivity index (χ2v) is 6.55. The average molecular weight is 411 g/mol. The lowest BCUT2D eigenvalue weighted by atomic mass is 10.1. The maximum absolute atomic E-state index is 12.4.